The summed E-state index contributed by atoms with van der Waals surface area (Å²) in [5, 5.41) is 8.00. The summed E-state index contributed by atoms with van der Waals surface area (Å²) < 4.78 is 1.69. The van der Waals surface area contributed by atoms with Crippen LogP contribution in [0.3, 0.4) is 0 Å². The van der Waals surface area contributed by atoms with Crippen molar-refractivity contribution >= 4 is 23.2 Å². The Hall–Kier alpha value is -3.81. The van der Waals surface area contributed by atoms with Crippen LogP contribution in [0.4, 0.5) is 11.5 Å². The molecular weight excluding hydrogens is 402 g/mol. The molecule has 0 bridgehead atoms. The maximum Gasteiger partial charge on any atom is 0.254 e. The number of likely N-dealkylation sites (tertiary alicyclic amines) is 1. The number of carbonyl (C=O) groups is 1. The molecule has 3 aromatic heterocycles. The molecule has 0 radical (unpaired) electrons. The first-order valence-electron chi connectivity index (χ1n) is 11.0. The first-order valence-corrected chi connectivity index (χ1v) is 11.0. The van der Waals surface area contributed by atoms with Crippen molar-refractivity contribution in [2.75, 3.05) is 18.4 Å². The summed E-state index contributed by atoms with van der Waals surface area (Å²) in [7, 11) is 0. The van der Waals surface area contributed by atoms with E-state index in [4.69, 9.17) is 0 Å². The molecule has 0 aliphatic carbocycles. The fraction of sp³-hybridized carbons (Fsp3) is 0.292. The Morgan fingerprint density at radius 3 is 2.50 bits per heavy atom. The Morgan fingerprint density at radius 1 is 1.00 bits per heavy atom. The summed E-state index contributed by atoms with van der Waals surface area (Å²) in [4.78, 5) is 28.0. The molecule has 32 heavy (non-hydrogen) atoms. The van der Waals surface area contributed by atoms with Gasteiger partial charge in [0.05, 0.1) is 0 Å². The number of amides is 1. The summed E-state index contributed by atoms with van der Waals surface area (Å²) in [6.45, 7) is 3.61. The minimum Gasteiger partial charge on any atom is -0.340 e. The highest BCUT2D eigenvalue weighted by Gasteiger charge is 2.17. The molecule has 5 rings (SSSR count). The molecule has 1 amide bonds. The van der Waals surface area contributed by atoms with Crippen molar-refractivity contribution in [3.8, 4) is 11.4 Å². The minimum absolute atomic E-state index is 0.109. The number of hydrogen-bond acceptors (Lipinski definition) is 6. The van der Waals surface area contributed by atoms with Gasteiger partial charge in [-0.25, -0.2) is 4.98 Å². The first-order chi connectivity index (χ1) is 15.7. The molecule has 1 saturated heterocycles. The van der Waals surface area contributed by atoms with E-state index in [2.05, 4.69) is 25.4 Å². The lowest BCUT2D eigenvalue weighted by molar-refractivity contribution is 0.0761. The van der Waals surface area contributed by atoms with Crippen molar-refractivity contribution < 1.29 is 4.79 Å². The van der Waals surface area contributed by atoms with Crippen LogP contribution in [0.25, 0.3) is 17.2 Å². The van der Waals surface area contributed by atoms with Gasteiger partial charge < -0.3 is 10.2 Å². The van der Waals surface area contributed by atoms with Crippen LogP contribution in [0.2, 0.25) is 0 Å². The van der Waals surface area contributed by atoms with Crippen LogP contribution in [0.5, 0.6) is 0 Å². The predicted octanol–water partition coefficient (Wildman–Crippen LogP) is 4.25. The molecule has 8 nitrogen and oxygen atoms in total. The third-order valence-electron chi connectivity index (χ3n) is 5.66. The number of aryl methyl sites for hydroxylation is 1. The molecule has 8 heteroatoms. The average molecular weight is 428 g/mol. The highest BCUT2D eigenvalue weighted by molar-refractivity contribution is 5.94. The number of nitrogens with one attached hydrogen (secondary N) is 1. The molecule has 0 unspecified atom stereocenters. The lowest BCUT2D eigenvalue weighted by atomic mass is 10.1. The SMILES string of the molecule is Cc1cc(Nc2ccc(C(=O)N3CCCCCC3)cc2)n2nc(-c3cccnc3)nc2n1. The van der Waals surface area contributed by atoms with Gasteiger partial charge in [-0.15, -0.1) is 5.10 Å². The largest absolute Gasteiger partial charge is 0.340 e. The molecule has 4 aromatic rings. The lowest BCUT2D eigenvalue weighted by Gasteiger charge is -2.20. The van der Waals surface area contributed by atoms with Gasteiger partial charge in [0.15, 0.2) is 5.82 Å². The van der Waals surface area contributed by atoms with Crippen LogP contribution in [0, 0.1) is 6.92 Å². The zero-order valence-electron chi connectivity index (χ0n) is 18.0. The minimum atomic E-state index is 0.109. The van der Waals surface area contributed by atoms with E-state index in [0.29, 0.717) is 17.2 Å². The van der Waals surface area contributed by atoms with Gasteiger partial charge in [0.2, 0.25) is 0 Å². The number of pyridine rings is 1. The van der Waals surface area contributed by atoms with E-state index in [1.165, 1.54) is 12.8 Å². The van der Waals surface area contributed by atoms with Crippen LogP contribution in [-0.4, -0.2) is 48.5 Å². The van der Waals surface area contributed by atoms with Crippen molar-refractivity contribution in [3.05, 3.63) is 66.1 Å². The van der Waals surface area contributed by atoms with Crippen LogP contribution in [-0.2, 0) is 0 Å². The molecule has 1 fully saturated rings. The standard InChI is InChI=1S/C24H25N7O/c1-17-15-21(31-24(26-17)28-22(29-31)19-7-6-12-25-16-19)27-20-10-8-18(9-11-20)23(32)30-13-4-2-3-5-14-30/h6-12,15-16,27H,2-5,13-14H2,1H3. The van der Waals surface area contributed by atoms with E-state index in [9.17, 15) is 4.79 Å². The number of anilines is 2. The molecule has 1 aromatic carbocycles. The fourth-order valence-corrected chi connectivity index (χ4v) is 3.99. The lowest BCUT2D eigenvalue weighted by Crippen LogP contribution is -2.31. The van der Waals surface area contributed by atoms with Crippen LogP contribution < -0.4 is 5.32 Å². The van der Waals surface area contributed by atoms with Gasteiger partial charge in [-0.1, -0.05) is 12.8 Å². The summed E-state index contributed by atoms with van der Waals surface area (Å²) in [6.07, 6.45) is 8.03. The first kappa shape index (κ1) is 20.1. The van der Waals surface area contributed by atoms with Crippen molar-refractivity contribution in [1.82, 2.24) is 29.5 Å². The second kappa shape index (κ2) is 8.74. The van der Waals surface area contributed by atoms with E-state index >= 15 is 0 Å². The van der Waals surface area contributed by atoms with Gasteiger partial charge in [-0.3, -0.25) is 9.78 Å². The second-order valence-electron chi connectivity index (χ2n) is 8.08. The Balaban J connectivity index is 1.39. The van der Waals surface area contributed by atoms with Crippen molar-refractivity contribution in [2.45, 2.75) is 32.6 Å². The normalized spacial score (nSPS) is 14.3. The maximum atomic E-state index is 12.8. The Kier molecular flexibility index (Phi) is 5.49. The molecule has 0 atom stereocenters. The van der Waals surface area contributed by atoms with Gasteiger partial charge in [0.25, 0.3) is 11.7 Å². The summed E-state index contributed by atoms with van der Waals surface area (Å²) >= 11 is 0. The Bertz CT molecular complexity index is 1230. The highest BCUT2D eigenvalue weighted by atomic mass is 16.2. The molecular formula is C24H25N7O. The molecule has 1 aliphatic rings. The maximum absolute atomic E-state index is 12.8. The smallest absolute Gasteiger partial charge is 0.254 e. The van der Waals surface area contributed by atoms with E-state index in [-0.39, 0.29) is 5.91 Å². The van der Waals surface area contributed by atoms with Gasteiger partial charge in [-0.2, -0.15) is 9.50 Å². The van der Waals surface area contributed by atoms with E-state index in [0.717, 1.165) is 48.7 Å². The number of aromatic nitrogens is 5. The number of hydrogen-bond donors (Lipinski definition) is 1. The third-order valence-corrected chi connectivity index (χ3v) is 5.66. The zero-order valence-corrected chi connectivity index (χ0v) is 18.0. The summed E-state index contributed by atoms with van der Waals surface area (Å²) in [6, 6.07) is 13.3. The Morgan fingerprint density at radius 2 is 1.78 bits per heavy atom. The van der Waals surface area contributed by atoms with Crippen molar-refractivity contribution in [3.63, 3.8) is 0 Å². The average Bonchev–Trinajstić information content (AvgIpc) is 3.06. The van der Waals surface area contributed by atoms with Gasteiger partial charge in [0.1, 0.15) is 5.82 Å². The van der Waals surface area contributed by atoms with Crippen LogP contribution in [0.15, 0.2) is 54.9 Å². The van der Waals surface area contributed by atoms with Crippen molar-refractivity contribution in [1.29, 1.82) is 0 Å². The second-order valence-corrected chi connectivity index (χ2v) is 8.08. The molecule has 0 spiro atoms. The van der Waals surface area contributed by atoms with Gasteiger partial charge >= 0.3 is 0 Å². The number of rotatable bonds is 4. The molecule has 162 valence electrons. The van der Waals surface area contributed by atoms with E-state index in [1.807, 2.05) is 54.3 Å². The van der Waals surface area contributed by atoms with Gasteiger partial charge in [0, 0.05) is 54.1 Å². The van der Waals surface area contributed by atoms with E-state index < -0.39 is 0 Å². The highest BCUT2D eigenvalue weighted by Crippen LogP contribution is 2.22. The monoisotopic (exact) mass is 427 g/mol. The Labute approximate surface area is 186 Å². The summed E-state index contributed by atoms with van der Waals surface area (Å²) in [5.74, 6) is 1.94. The molecule has 4 heterocycles. The molecule has 1 N–H and O–H groups in total. The predicted molar refractivity (Wildman–Crippen MR) is 123 cm³/mol. The fourth-order valence-electron chi connectivity index (χ4n) is 3.99. The molecule has 1 aliphatic heterocycles. The molecule has 0 saturated carbocycles. The van der Waals surface area contributed by atoms with Crippen molar-refractivity contribution in [2.24, 2.45) is 0 Å². The number of benzene rings is 1. The number of fused-ring (bicyclic) bond motifs is 1. The number of nitrogens with zero attached hydrogens (tertiary/aromatic N) is 6. The zero-order chi connectivity index (χ0) is 21.9. The van der Waals surface area contributed by atoms with Gasteiger partial charge in [-0.05, 0) is 56.2 Å². The summed E-state index contributed by atoms with van der Waals surface area (Å²) in [5.41, 5.74) is 3.24. The van der Waals surface area contributed by atoms with Crippen LogP contribution in [0.1, 0.15) is 41.7 Å². The van der Waals surface area contributed by atoms with E-state index in [1.54, 1.807) is 16.9 Å². The quantitative estimate of drug-likeness (QED) is 0.524. The van der Waals surface area contributed by atoms with Crippen LogP contribution >= 0.6 is 0 Å². The topological polar surface area (TPSA) is 88.3 Å². The number of carbonyl (C=O) groups excluding carboxylic acids is 1. The third kappa shape index (κ3) is 4.16.